The molecular weight excluding hydrogens is 422 g/mol. The van der Waals surface area contributed by atoms with Gasteiger partial charge in [0.2, 0.25) is 0 Å². The first-order valence-corrected chi connectivity index (χ1v) is 13.9. The van der Waals surface area contributed by atoms with Gasteiger partial charge in [0.15, 0.2) is 0 Å². The van der Waals surface area contributed by atoms with Gasteiger partial charge in [-0.1, -0.05) is 120 Å². The summed E-state index contributed by atoms with van der Waals surface area (Å²) in [4.78, 5) is 2.13. The van der Waals surface area contributed by atoms with Crippen LogP contribution in [0.1, 0.15) is 107 Å². The lowest BCUT2D eigenvalue weighted by atomic mass is 9.87. The highest BCUT2D eigenvalue weighted by atomic mass is 15.1. The van der Waals surface area contributed by atoms with E-state index in [9.17, 15) is 0 Å². The average Bonchev–Trinajstić information content (AvgIpc) is 2.84. The lowest BCUT2D eigenvalue weighted by molar-refractivity contribution is 0.398. The third-order valence-corrected chi connectivity index (χ3v) is 7.16. The van der Waals surface area contributed by atoms with Gasteiger partial charge in [0.1, 0.15) is 0 Å². The molecule has 0 heterocycles. The third kappa shape index (κ3) is 11.8. The summed E-state index contributed by atoms with van der Waals surface area (Å²) in [5.74, 6) is 1.74. The smallest absolute Gasteiger partial charge is 0.0380 e. The van der Waals surface area contributed by atoms with Crippen molar-refractivity contribution < 1.29 is 0 Å². The Bertz CT molecular complexity index is 863. The first-order valence-electron chi connectivity index (χ1n) is 13.9. The molecule has 0 bridgehead atoms. The van der Waals surface area contributed by atoms with E-state index in [1.807, 2.05) is 14.0 Å². The Balaban J connectivity index is 0.000000355. The summed E-state index contributed by atoms with van der Waals surface area (Å²) in [5, 5.41) is 0. The lowest BCUT2D eigenvalue weighted by Crippen LogP contribution is -2.18. The van der Waals surface area contributed by atoms with Crippen LogP contribution in [0, 0.1) is 19.8 Å². The van der Waals surface area contributed by atoms with Gasteiger partial charge in [-0.3, -0.25) is 0 Å². The first-order chi connectivity index (χ1) is 16.7. The van der Waals surface area contributed by atoms with Crippen molar-refractivity contribution in [2.24, 2.45) is 5.92 Å². The van der Waals surface area contributed by atoms with Crippen LogP contribution >= 0.6 is 0 Å². The van der Waals surface area contributed by atoms with Crippen LogP contribution in [0.4, 0.5) is 0 Å². The van der Waals surface area contributed by atoms with E-state index in [0.29, 0.717) is 0 Å². The van der Waals surface area contributed by atoms with Crippen LogP contribution in [0.5, 0.6) is 0 Å². The zero-order chi connectivity index (χ0) is 26.2. The normalized spacial score (nSPS) is 12.3. The SMILES string of the molecule is C=C(C)CN(C)C(=C)c1ccc(C)c(C)c1.CCCC(CC)CCCC(CCC)c1ccccc1. The number of aryl methyl sites for hydroxylation is 2. The van der Waals surface area contributed by atoms with Crippen molar-refractivity contribution in [3.8, 4) is 0 Å². The van der Waals surface area contributed by atoms with Gasteiger partial charge >= 0.3 is 0 Å². The minimum Gasteiger partial charge on any atom is -0.371 e. The van der Waals surface area contributed by atoms with E-state index in [2.05, 4.69) is 101 Å². The molecule has 2 unspecified atom stereocenters. The van der Waals surface area contributed by atoms with E-state index in [-0.39, 0.29) is 0 Å². The van der Waals surface area contributed by atoms with Crippen LogP contribution in [0.25, 0.3) is 5.70 Å². The molecule has 0 aliphatic carbocycles. The summed E-state index contributed by atoms with van der Waals surface area (Å²) in [5.41, 5.74) is 7.56. The molecule has 0 saturated carbocycles. The Labute approximate surface area is 218 Å². The highest BCUT2D eigenvalue weighted by molar-refractivity contribution is 5.63. The van der Waals surface area contributed by atoms with E-state index in [1.54, 1.807) is 5.56 Å². The van der Waals surface area contributed by atoms with Gasteiger partial charge in [0.05, 0.1) is 0 Å². The van der Waals surface area contributed by atoms with E-state index >= 15 is 0 Å². The minimum absolute atomic E-state index is 0.783. The van der Waals surface area contributed by atoms with Gasteiger partial charge in [-0.25, -0.2) is 0 Å². The molecule has 1 nitrogen and oxygen atoms in total. The van der Waals surface area contributed by atoms with Gasteiger partial charge in [-0.05, 0) is 73.8 Å². The fourth-order valence-electron chi connectivity index (χ4n) is 4.81. The molecule has 0 aliphatic heterocycles. The molecule has 0 amide bonds. The molecule has 0 spiro atoms. The number of hydrogen-bond acceptors (Lipinski definition) is 1. The molecule has 194 valence electrons. The zero-order valence-corrected chi connectivity index (χ0v) is 24.0. The monoisotopic (exact) mass is 475 g/mol. The topological polar surface area (TPSA) is 3.24 Å². The number of benzene rings is 2. The molecule has 0 fully saturated rings. The molecular formula is C34H53N. The number of likely N-dealkylation sites (N-methyl/N-ethyl adjacent to an activating group) is 1. The molecule has 2 atom stereocenters. The fraction of sp³-hybridized carbons (Fsp3) is 0.529. The summed E-state index contributed by atoms with van der Waals surface area (Å²) in [7, 11) is 2.05. The molecule has 35 heavy (non-hydrogen) atoms. The van der Waals surface area contributed by atoms with Crippen LogP contribution in [-0.4, -0.2) is 18.5 Å². The van der Waals surface area contributed by atoms with E-state index in [4.69, 9.17) is 0 Å². The average molecular weight is 476 g/mol. The molecule has 0 N–H and O–H groups in total. The molecule has 0 saturated heterocycles. The summed E-state index contributed by atoms with van der Waals surface area (Å²) in [6.07, 6.45) is 11.0. The fourth-order valence-corrected chi connectivity index (χ4v) is 4.81. The molecule has 0 aromatic heterocycles. The maximum atomic E-state index is 4.13. The van der Waals surface area contributed by atoms with Crippen LogP contribution in [0.15, 0.2) is 67.3 Å². The largest absolute Gasteiger partial charge is 0.371 e. The van der Waals surface area contributed by atoms with Crippen molar-refractivity contribution in [3.05, 3.63) is 89.5 Å². The molecule has 2 rings (SSSR count). The highest BCUT2D eigenvalue weighted by Gasteiger charge is 2.12. The molecule has 0 radical (unpaired) electrons. The Hall–Kier alpha value is -2.28. The van der Waals surface area contributed by atoms with Gasteiger partial charge in [0.25, 0.3) is 0 Å². The van der Waals surface area contributed by atoms with E-state index < -0.39 is 0 Å². The summed E-state index contributed by atoms with van der Waals surface area (Å²) < 4.78 is 0. The third-order valence-electron chi connectivity index (χ3n) is 7.16. The Morgan fingerprint density at radius 2 is 1.49 bits per heavy atom. The predicted molar refractivity (Wildman–Crippen MR) is 159 cm³/mol. The van der Waals surface area contributed by atoms with Crippen molar-refractivity contribution in [3.63, 3.8) is 0 Å². The molecule has 0 aliphatic rings. The van der Waals surface area contributed by atoms with Crippen LogP contribution in [0.2, 0.25) is 0 Å². The predicted octanol–water partition coefficient (Wildman–Crippen LogP) is 10.3. The second-order valence-electron chi connectivity index (χ2n) is 10.4. The van der Waals surface area contributed by atoms with Crippen molar-refractivity contribution in [1.29, 1.82) is 0 Å². The zero-order valence-electron chi connectivity index (χ0n) is 24.0. The number of nitrogens with zero attached hydrogens (tertiary/aromatic N) is 1. The maximum Gasteiger partial charge on any atom is 0.0380 e. The molecule has 1 heteroatoms. The maximum absolute atomic E-state index is 4.13. The first kappa shape index (κ1) is 30.8. The Morgan fingerprint density at radius 3 is 2.03 bits per heavy atom. The number of rotatable bonds is 14. The molecule has 2 aromatic rings. The van der Waals surface area contributed by atoms with Crippen molar-refractivity contribution in [2.45, 2.75) is 98.8 Å². The van der Waals surface area contributed by atoms with Crippen molar-refractivity contribution in [1.82, 2.24) is 4.90 Å². The van der Waals surface area contributed by atoms with E-state index in [0.717, 1.165) is 29.7 Å². The van der Waals surface area contributed by atoms with Crippen LogP contribution < -0.4 is 0 Å². The van der Waals surface area contributed by atoms with Gasteiger partial charge < -0.3 is 4.90 Å². The quantitative estimate of drug-likeness (QED) is 0.246. The van der Waals surface area contributed by atoms with Gasteiger partial charge in [0, 0.05) is 19.3 Å². The molecule has 2 aromatic carbocycles. The Kier molecular flexibility index (Phi) is 15.1. The standard InChI is InChI=1S/C19H32.C15H21N/c1-4-11-17(6-3)13-10-16-18(12-5-2)19-14-8-7-9-15-19;1-11(2)10-16(6)14(5)15-8-7-12(3)13(4)9-15/h7-9,14-15,17-18H,4-6,10-13,16H2,1-3H3;7-9H,1,5,10H2,2-4,6H3. The summed E-state index contributed by atoms with van der Waals surface area (Å²) in [6.45, 7) is 22.2. The van der Waals surface area contributed by atoms with Gasteiger partial charge in [-0.2, -0.15) is 0 Å². The summed E-state index contributed by atoms with van der Waals surface area (Å²) >= 11 is 0. The van der Waals surface area contributed by atoms with Crippen LogP contribution in [0.3, 0.4) is 0 Å². The second-order valence-corrected chi connectivity index (χ2v) is 10.4. The van der Waals surface area contributed by atoms with E-state index in [1.165, 1.54) is 68.1 Å². The van der Waals surface area contributed by atoms with Crippen molar-refractivity contribution in [2.75, 3.05) is 13.6 Å². The van der Waals surface area contributed by atoms with Crippen molar-refractivity contribution >= 4 is 5.70 Å². The minimum atomic E-state index is 0.783. The highest BCUT2D eigenvalue weighted by Crippen LogP contribution is 2.29. The van der Waals surface area contributed by atoms with Crippen LogP contribution in [-0.2, 0) is 0 Å². The lowest BCUT2D eigenvalue weighted by Gasteiger charge is -2.22. The van der Waals surface area contributed by atoms with Gasteiger partial charge in [-0.15, -0.1) is 0 Å². The number of hydrogen-bond donors (Lipinski definition) is 0. The summed E-state index contributed by atoms with van der Waals surface area (Å²) in [6, 6.07) is 17.6. The second kappa shape index (κ2) is 17.2. The Morgan fingerprint density at radius 1 is 0.829 bits per heavy atom.